The number of hydrogen-bond acceptors (Lipinski definition) is 21. The predicted molar refractivity (Wildman–Crippen MR) is 380 cm³/mol. The second-order valence-corrected chi connectivity index (χ2v) is 27.0. The normalized spacial score (nSPS) is 15.6. The number of nitrogens with one attached hydrogen (secondary N) is 12. The molecule has 1 aliphatic heterocycles. The van der Waals surface area contributed by atoms with Gasteiger partial charge in [-0.1, -0.05) is 53.7 Å². The standard InChI is InChI=1S/C66H108N20O20/c1-32(2)25-42(80-54(94)35(7)68)59(99)81-43(26-33(3)4)60(100)82-44(27-37-16-18-38(87)19-17-37)61(101)83-45(28-49(70)89)56(96)74-30-50(90)77-41(20-21-48(69)88)58(98)79-40(13-9-10-22-67)57(97)84-46(29-52(92)93)62(102)78-39(14-11-23-73-66(71)72)55(95)75-31-51(91)86-24-12-15-47(86)63(103)85-53(34(5)6)64(104)76-36(8)65(105)106/h16-19,32-36,39-47,53,87H,9-15,20-31,67-68H2,1-8H3,(H2,69,88)(H2,70,89)(H,74,96)(H,75,95)(H,76,104)(H,77,90)(H,78,102)(H,79,98)(H,80,94)(H,81,99)(H,82,100)(H,83,101)(H,84,97)(H,85,103)(H,92,93)(H,105,106)(H4,71,72,73)/t35-,36-,39-,40-,41-,42-,43-,44-,45-,46-,47-,53-/m0/s1. The van der Waals surface area contributed by atoms with Gasteiger partial charge in [-0.25, -0.2) is 0 Å². The van der Waals surface area contributed by atoms with Crippen LogP contribution in [0.4, 0.5) is 0 Å². The minimum atomic E-state index is -2.00. The summed E-state index contributed by atoms with van der Waals surface area (Å²) in [6.45, 7) is 11.3. The summed E-state index contributed by atoms with van der Waals surface area (Å²) in [6.07, 6.45) is -2.93. The molecule has 0 bridgehead atoms. The van der Waals surface area contributed by atoms with E-state index in [1.165, 1.54) is 38.1 Å². The Morgan fingerprint density at radius 1 is 0.519 bits per heavy atom. The van der Waals surface area contributed by atoms with Gasteiger partial charge in [0, 0.05) is 25.9 Å². The number of aliphatic imine (C=N–C) groups is 1. The number of hydrogen-bond donors (Lipinski definition) is 21. The summed E-state index contributed by atoms with van der Waals surface area (Å²) >= 11 is 0. The van der Waals surface area contributed by atoms with Crippen LogP contribution < -0.4 is 98.2 Å². The third-order valence-electron chi connectivity index (χ3n) is 16.3. The van der Waals surface area contributed by atoms with Crippen LogP contribution in [0.25, 0.3) is 0 Å². The van der Waals surface area contributed by atoms with Crippen LogP contribution in [0.2, 0.25) is 0 Å². The van der Waals surface area contributed by atoms with E-state index >= 15 is 0 Å². The SMILES string of the molecule is CC(C)C[C@H](NC(=O)[C@H](C)N)C(=O)N[C@@H](CC(C)C)C(=O)N[C@@H](Cc1ccc(O)cc1)C(=O)N[C@@H](CC(N)=O)C(=O)NCC(=O)N[C@@H](CCC(N)=O)C(=O)N[C@@H](CCCCN)C(=O)N[C@@H](CC(=O)O)C(=O)N[C@@H](CCCN=C(N)N)C(=O)NCC(=O)N1CCC[C@H]1C(=O)N[C@H](C(=O)N[C@@H](C)C(=O)O)C(C)C. The minimum absolute atomic E-state index is 0.00785. The molecule has 0 unspecified atom stereocenters. The molecule has 0 spiro atoms. The van der Waals surface area contributed by atoms with Crippen LogP contribution in [-0.4, -0.2) is 232 Å². The van der Waals surface area contributed by atoms with Crippen molar-refractivity contribution in [2.75, 3.05) is 32.7 Å². The largest absolute Gasteiger partial charge is 0.508 e. The number of unbranched alkanes of at least 4 members (excludes halogenated alkanes) is 1. The molecule has 40 heteroatoms. The quantitative estimate of drug-likeness (QED) is 0.0164. The van der Waals surface area contributed by atoms with Crippen molar-refractivity contribution in [2.24, 2.45) is 57.1 Å². The Kier molecular flexibility index (Phi) is 39.7. The number of phenolic OH excluding ortho intramolecular Hbond substituents is 1. The van der Waals surface area contributed by atoms with E-state index in [1.54, 1.807) is 41.5 Å². The van der Waals surface area contributed by atoms with Gasteiger partial charge in [0.15, 0.2) is 5.96 Å². The number of amides is 15. The number of carbonyl (C=O) groups excluding carboxylic acids is 15. The molecule has 15 amide bonds. The van der Waals surface area contributed by atoms with Gasteiger partial charge in [0.1, 0.15) is 72.2 Å². The molecular formula is C66H108N20O20. The Morgan fingerprint density at radius 3 is 1.50 bits per heavy atom. The third-order valence-corrected chi connectivity index (χ3v) is 16.3. The van der Waals surface area contributed by atoms with Gasteiger partial charge in [-0.05, 0) is 120 Å². The molecule has 0 aromatic heterocycles. The maximum Gasteiger partial charge on any atom is 0.325 e. The molecule has 0 aliphatic carbocycles. The van der Waals surface area contributed by atoms with Crippen molar-refractivity contribution in [1.82, 2.24) is 68.7 Å². The van der Waals surface area contributed by atoms with Crippen LogP contribution in [0.3, 0.4) is 0 Å². The van der Waals surface area contributed by atoms with E-state index < -0.39 is 218 Å². The number of carboxylic acid groups (broad SMARTS) is 2. The fourth-order valence-corrected chi connectivity index (χ4v) is 10.7. The van der Waals surface area contributed by atoms with Crippen LogP contribution >= 0.6 is 0 Å². The summed E-state index contributed by atoms with van der Waals surface area (Å²) in [6, 6.07) is -12.0. The van der Waals surface area contributed by atoms with Crippen molar-refractivity contribution in [3.05, 3.63) is 29.8 Å². The highest BCUT2D eigenvalue weighted by molar-refractivity contribution is 6.01. The Hall–Kier alpha value is -10.8. The van der Waals surface area contributed by atoms with E-state index in [0.29, 0.717) is 12.0 Å². The van der Waals surface area contributed by atoms with Crippen molar-refractivity contribution in [3.63, 3.8) is 0 Å². The Bertz CT molecular complexity index is 3280. The molecule has 106 heavy (non-hydrogen) atoms. The first-order valence-electron chi connectivity index (χ1n) is 34.8. The molecule has 1 heterocycles. The average molecular weight is 1500 g/mol. The van der Waals surface area contributed by atoms with Crippen LogP contribution in [0.15, 0.2) is 29.3 Å². The van der Waals surface area contributed by atoms with Gasteiger partial charge in [-0.15, -0.1) is 0 Å². The number of benzene rings is 1. The molecule has 0 radical (unpaired) electrons. The van der Waals surface area contributed by atoms with Gasteiger partial charge in [-0.2, -0.15) is 0 Å². The highest BCUT2D eigenvalue weighted by Crippen LogP contribution is 2.20. The molecule has 12 atom stereocenters. The molecule has 40 nitrogen and oxygen atoms in total. The van der Waals surface area contributed by atoms with Crippen molar-refractivity contribution in [1.29, 1.82) is 0 Å². The first kappa shape index (κ1) is 91.3. The van der Waals surface area contributed by atoms with E-state index in [2.05, 4.69) is 68.8 Å². The van der Waals surface area contributed by atoms with Crippen LogP contribution in [0, 0.1) is 17.8 Å². The lowest BCUT2D eigenvalue weighted by Gasteiger charge is -2.28. The number of nitrogens with zero attached hydrogens (tertiary/aromatic N) is 2. The van der Waals surface area contributed by atoms with Crippen LogP contribution in [0.5, 0.6) is 5.75 Å². The van der Waals surface area contributed by atoms with Crippen molar-refractivity contribution < 1.29 is 96.8 Å². The second kappa shape index (κ2) is 46.1. The maximum atomic E-state index is 14.3. The number of phenols is 1. The molecule has 1 aliphatic rings. The molecule has 592 valence electrons. The molecule has 27 N–H and O–H groups in total. The lowest BCUT2D eigenvalue weighted by molar-refractivity contribution is -0.142. The minimum Gasteiger partial charge on any atom is -0.508 e. The topological polar surface area (TPSA) is 667 Å². The summed E-state index contributed by atoms with van der Waals surface area (Å²) in [5.41, 5.74) is 33.7. The van der Waals surface area contributed by atoms with Crippen molar-refractivity contribution in [2.45, 2.75) is 218 Å². The summed E-state index contributed by atoms with van der Waals surface area (Å²) in [4.78, 5) is 232. The first-order chi connectivity index (χ1) is 49.6. The summed E-state index contributed by atoms with van der Waals surface area (Å²) in [7, 11) is 0. The van der Waals surface area contributed by atoms with E-state index in [-0.39, 0.29) is 101 Å². The smallest absolute Gasteiger partial charge is 0.325 e. The fourth-order valence-electron chi connectivity index (χ4n) is 10.7. The summed E-state index contributed by atoms with van der Waals surface area (Å²) in [5.74, 6) is -19.0. The number of guanidine groups is 1. The Labute approximate surface area is 613 Å². The fraction of sp³-hybridized carbons (Fsp3) is 0.636. The Morgan fingerprint density at radius 2 is 0.991 bits per heavy atom. The van der Waals surface area contributed by atoms with E-state index in [9.17, 15) is 96.8 Å². The van der Waals surface area contributed by atoms with Crippen LogP contribution in [-0.2, 0) is 87.9 Å². The molecule has 1 aromatic rings. The molecule has 1 aromatic carbocycles. The average Bonchev–Trinajstić information content (AvgIpc) is 1.51. The number of rotatable bonds is 48. The second-order valence-electron chi connectivity index (χ2n) is 27.0. The van der Waals surface area contributed by atoms with Gasteiger partial charge in [0.25, 0.3) is 0 Å². The number of carbonyl (C=O) groups is 17. The number of carboxylic acids is 2. The molecule has 2 rings (SSSR count). The predicted octanol–water partition coefficient (Wildman–Crippen LogP) is -7.00. The van der Waals surface area contributed by atoms with Crippen molar-refractivity contribution in [3.8, 4) is 5.75 Å². The number of nitrogens with two attached hydrogens (primary N) is 6. The summed E-state index contributed by atoms with van der Waals surface area (Å²) in [5, 5.41) is 58.3. The van der Waals surface area contributed by atoms with Crippen LogP contribution in [0.1, 0.15) is 144 Å². The van der Waals surface area contributed by atoms with E-state index in [1.807, 2.05) is 0 Å². The molecule has 0 saturated carbocycles. The van der Waals surface area contributed by atoms with E-state index in [4.69, 9.17) is 34.4 Å². The van der Waals surface area contributed by atoms with Gasteiger partial charge < -0.3 is 118 Å². The maximum absolute atomic E-state index is 14.3. The molecule has 1 fully saturated rings. The van der Waals surface area contributed by atoms with Gasteiger partial charge in [0.2, 0.25) is 88.6 Å². The van der Waals surface area contributed by atoms with Gasteiger partial charge in [-0.3, -0.25) is 86.5 Å². The summed E-state index contributed by atoms with van der Waals surface area (Å²) < 4.78 is 0. The number of likely N-dealkylation sites (tertiary alicyclic amines) is 1. The van der Waals surface area contributed by atoms with Crippen molar-refractivity contribution >= 4 is 107 Å². The zero-order valence-electron chi connectivity index (χ0n) is 61.0. The molecule has 1 saturated heterocycles. The number of primary amides is 2. The highest BCUT2D eigenvalue weighted by atomic mass is 16.4. The molecular weight excluding hydrogens is 1390 g/mol. The van der Waals surface area contributed by atoms with Gasteiger partial charge >= 0.3 is 11.9 Å². The highest BCUT2D eigenvalue weighted by Gasteiger charge is 2.40. The lowest BCUT2D eigenvalue weighted by Crippen LogP contribution is -2.60. The van der Waals surface area contributed by atoms with Gasteiger partial charge in [0.05, 0.1) is 32.0 Å². The number of aromatic hydroxyl groups is 1. The Balaban J connectivity index is 2.42. The number of aliphatic carboxylic acids is 2. The zero-order valence-corrected chi connectivity index (χ0v) is 61.0. The van der Waals surface area contributed by atoms with E-state index in [0.717, 1.165) is 4.90 Å². The lowest BCUT2D eigenvalue weighted by atomic mass is 9.99. The third kappa shape index (κ3) is 34.2. The zero-order chi connectivity index (χ0) is 80.2. The monoisotopic (exact) mass is 1500 g/mol. The first-order valence-corrected chi connectivity index (χ1v) is 34.8.